The number of ether oxygens (including phenoxy) is 3. The maximum absolute atomic E-state index is 12.2. The number of carbonyl (C=O) groups excluding carboxylic acids is 2. The van der Waals surface area contributed by atoms with Crippen LogP contribution in [-0.2, 0) is 23.8 Å². The molecule has 0 aromatic heterocycles. The first kappa shape index (κ1) is 26.8. The fraction of sp³-hybridized carbons (Fsp3) is 0.556. The van der Waals surface area contributed by atoms with Gasteiger partial charge in [-0.15, -0.1) is 0 Å². The Kier molecular flexibility index (Phi) is 8.66. The first-order chi connectivity index (χ1) is 15.3. The van der Waals surface area contributed by atoms with Gasteiger partial charge in [0.15, 0.2) is 0 Å². The van der Waals surface area contributed by atoms with E-state index in [1.807, 2.05) is 83.2 Å². The Balaban J connectivity index is 2.06. The minimum Gasteiger partial charge on any atom is -0.469 e. The zero-order chi connectivity index (χ0) is 25.0. The molecule has 0 unspecified atom stereocenters. The lowest BCUT2D eigenvalue weighted by Gasteiger charge is -2.38. The van der Waals surface area contributed by atoms with E-state index in [0.717, 1.165) is 11.1 Å². The van der Waals surface area contributed by atoms with E-state index in [1.165, 1.54) is 7.11 Å². The van der Waals surface area contributed by atoms with Gasteiger partial charge in [-0.3, -0.25) is 9.59 Å². The number of hydrogen-bond acceptors (Lipinski definition) is 6. The molecule has 1 fully saturated rings. The molecule has 0 saturated carbocycles. The number of cyclic esters (lactones) is 1. The van der Waals surface area contributed by atoms with Gasteiger partial charge in [-0.25, -0.2) is 0 Å². The molecular formula is C27H38O6. The lowest BCUT2D eigenvalue weighted by Crippen LogP contribution is -2.46. The first-order valence-electron chi connectivity index (χ1n) is 11.4. The minimum atomic E-state index is -1.05. The van der Waals surface area contributed by atoms with Crippen LogP contribution in [0.25, 0.3) is 0 Å². The minimum absolute atomic E-state index is 0.0338. The molecule has 2 heterocycles. The van der Waals surface area contributed by atoms with Crippen molar-refractivity contribution in [2.24, 2.45) is 17.3 Å². The van der Waals surface area contributed by atoms with Crippen molar-refractivity contribution in [3.63, 3.8) is 0 Å². The van der Waals surface area contributed by atoms with Crippen LogP contribution in [0.5, 0.6) is 0 Å². The molecule has 182 valence electrons. The molecule has 1 saturated heterocycles. The van der Waals surface area contributed by atoms with E-state index in [-0.39, 0.29) is 18.0 Å². The second-order valence-electron chi connectivity index (χ2n) is 9.57. The van der Waals surface area contributed by atoms with Crippen LogP contribution in [0.1, 0.15) is 48.5 Å². The first-order valence-corrected chi connectivity index (χ1v) is 11.4. The van der Waals surface area contributed by atoms with E-state index in [4.69, 9.17) is 14.2 Å². The van der Waals surface area contributed by atoms with Crippen molar-refractivity contribution in [2.45, 2.75) is 72.4 Å². The predicted octanol–water partition coefficient (Wildman–Crippen LogP) is 4.46. The fourth-order valence-electron chi connectivity index (χ4n) is 4.47. The fourth-order valence-corrected chi connectivity index (χ4v) is 4.47. The Hall–Kier alpha value is -2.44. The van der Waals surface area contributed by atoms with Gasteiger partial charge in [0.05, 0.1) is 25.0 Å². The van der Waals surface area contributed by atoms with Crippen LogP contribution in [0.3, 0.4) is 0 Å². The summed E-state index contributed by atoms with van der Waals surface area (Å²) in [5, 5.41) is 10.7. The molecule has 0 aromatic carbocycles. The molecule has 6 nitrogen and oxygen atoms in total. The molecule has 0 aliphatic carbocycles. The van der Waals surface area contributed by atoms with Crippen LogP contribution < -0.4 is 0 Å². The normalized spacial score (nSPS) is 36.5. The zero-order valence-corrected chi connectivity index (χ0v) is 21.0. The number of hydrogen-bond donors (Lipinski definition) is 1. The number of allylic oxidation sites excluding steroid dienone is 6. The van der Waals surface area contributed by atoms with Crippen LogP contribution in [0, 0.1) is 17.3 Å². The second kappa shape index (κ2) is 10.7. The van der Waals surface area contributed by atoms with Gasteiger partial charge >= 0.3 is 11.9 Å². The lowest BCUT2D eigenvalue weighted by molar-refractivity contribution is -0.155. The van der Waals surface area contributed by atoms with Gasteiger partial charge in [0.2, 0.25) is 0 Å². The Morgan fingerprint density at radius 3 is 2.42 bits per heavy atom. The maximum atomic E-state index is 12.2. The molecule has 33 heavy (non-hydrogen) atoms. The number of carbonyl (C=O) groups is 2. The summed E-state index contributed by atoms with van der Waals surface area (Å²) in [6.07, 6.45) is 14.1. The van der Waals surface area contributed by atoms with Crippen molar-refractivity contribution in [1.82, 2.24) is 0 Å². The van der Waals surface area contributed by atoms with E-state index in [0.29, 0.717) is 0 Å². The summed E-state index contributed by atoms with van der Waals surface area (Å²) in [6, 6.07) is 0. The number of esters is 2. The number of methoxy groups -OCH3 is 1. The van der Waals surface area contributed by atoms with Gasteiger partial charge in [-0.2, -0.15) is 0 Å². The van der Waals surface area contributed by atoms with E-state index in [2.05, 4.69) is 0 Å². The highest BCUT2D eigenvalue weighted by molar-refractivity contribution is 5.79. The molecule has 0 aromatic rings. The van der Waals surface area contributed by atoms with Gasteiger partial charge in [0, 0.05) is 5.41 Å². The van der Waals surface area contributed by atoms with E-state index in [1.54, 1.807) is 13.8 Å². The van der Waals surface area contributed by atoms with Crippen LogP contribution in [0.4, 0.5) is 0 Å². The topological polar surface area (TPSA) is 82.1 Å². The van der Waals surface area contributed by atoms with Crippen molar-refractivity contribution >= 4 is 11.9 Å². The molecule has 7 atom stereocenters. The van der Waals surface area contributed by atoms with Gasteiger partial charge in [-0.05, 0) is 51.8 Å². The monoisotopic (exact) mass is 458 g/mol. The molecule has 6 heteroatoms. The Morgan fingerprint density at radius 1 is 1.18 bits per heavy atom. The van der Waals surface area contributed by atoms with Crippen LogP contribution in [-0.4, -0.2) is 48.1 Å². The van der Waals surface area contributed by atoms with E-state index >= 15 is 0 Å². The van der Waals surface area contributed by atoms with E-state index in [9.17, 15) is 14.7 Å². The number of aliphatic hydroxyl groups is 1. The van der Waals surface area contributed by atoms with Gasteiger partial charge in [0.25, 0.3) is 0 Å². The quantitative estimate of drug-likeness (QED) is 0.345. The third-order valence-electron chi connectivity index (χ3n) is 6.87. The number of rotatable bonds is 7. The molecule has 0 amide bonds. The standard InChI is InChI=1S/C27H38O6/c1-17(22-27(7,30)16-18(2)21(5)32-22)14-12-10-9-11-13-15-26(6)20(4)25(29)33-23(26)19(3)24(28)31-8/h9-16,19-23,30H,1-8H3/b11-9+,12-10+,15-13+,17-14+/t19-,20+,21+,22+,23+,26-,27-/m1/s1. The summed E-state index contributed by atoms with van der Waals surface area (Å²) in [6.45, 7) is 13.1. The SMILES string of the molecule is COC(=O)[C@H](C)[C@@H]1OC(=O)[C@H](C)[C@@]1(C)/C=C/C=C/C=C/C=C(\C)[C@@H]1O[C@@H](C)C(C)=C[C@@]1(C)O. The van der Waals surface area contributed by atoms with Crippen LogP contribution in [0.2, 0.25) is 0 Å². The molecule has 1 N–H and O–H groups in total. The summed E-state index contributed by atoms with van der Waals surface area (Å²) in [7, 11) is 1.33. The van der Waals surface area contributed by atoms with Gasteiger partial charge in [0.1, 0.15) is 17.8 Å². The summed E-state index contributed by atoms with van der Waals surface area (Å²) in [4.78, 5) is 24.2. The van der Waals surface area contributed by atoms with Crippen molar-refractivity contribution in [2.75, 3.05) is 7.11 Å². The smallest absolute Gasteiger partial charge is 0.312 e. The summed E-state index contributed by atoms with van der Waals surface area (Å²) in [5.74, 6) is -1.64. The highest BCUT2D eigenvalue weighted by Gasteiger charge is 2.53. The molecule has 0 spiro atoms. The summed E-state index contributed by atoms with van der Waals surface area (Å²) >= 11 is 0. The summed E-state index contributed by atoms with van der Waals surface area (Å²) < 4.78 is 16.3. The lowest BCUT2D eigenvalue weighted by atomic mass is 9.72. The predicted molar refractivity (Wildman–Crippen MR) is 128 cm³/mol. The van der Waals surface area contributed by atoms with Gasteiger partial charge < -0.3 is 19.3 Å². The zero-order valence-electron chi connectivity index (χ0n) is 21.0. The van der Waals surface area contributed by atoms with Crippen molar-refractivity contribution in [3.05, 3.63) is 59.8 Å². The van der Waals surface area contributed by atoms with Crippen molar-refractivity contribution < 1.29 is 28.9 Å². The average molecular weight is 459 g/mol. The Bertz CT molecular complexity index is 890. The molecule has 0 bridgehead atoms. The molecule has 2 aliphatic heterocycles. The average Bonchev–Trinajstić information content (AvgIpc) is 2.98. The van der Waals surface area contributed by atoms with Crippen LogP contribution >= 0.6 is 0 Å². The Labute approximate surface area is 197 Å². The van der Waals surface area contributed by atoms with Crippen LogP contribution in [0.15, 0.2) is 59.8 Å². The second-order valence-corrected chi connectivity index (χ2v) is 9.57. The molecule has 2 aliphatic rings. The van der Waals surface area contributed by atoms with Crippen molar-refractivity contribution in [1.29, 1.82) is 0 Å². The largest absolute Gasteiger partial charge is 0.469 e. The molecule has 0 radical (unpaired) electrons. The highest BCUT2D eigenvalue weighted by atomic mass is 16.6. The van der Waals surface area contributed by atoms with E-state index < -0.39 is 35.1 Å². The third-order valence-corrected chi connectivity index (χ3v) is 6.87. The summed E-state index contributed by atoms with van der Waals surface area (Å²) in [5.41, 5.74) is 0.281. The van der Waals surface area contributed by atoms with Crippen molar-refractivity contribution in [3.8, 4) is 0 Å². The third kappa shape index (κ3) is 5.92. The van der Waals surface area contributed by atoms with Gasteiger partial charge in [-0.1, -0.05) is 56.4 Å². The highest BCUT2D eigenvalue weighted by Crippen LogP contribution is 2.45. The molecular weight excluding hydrogens is 420 g/mol. The Morgan fingerprint density at radius 2 is 1.79 bits per heavy atom. The molecule has 2 rings (SSSR count). The maximum Gasteiger partial charge on any atom is 0.312 e.